The number of aromatic amines is 1. The highest BCUT2D eigenvalue weighted by Crippen LogP contribution is 2.29. The van der Waals surface area contributed by atoms with Gasteiger partial charge in [-0.25, -0.2) is 4.79 Å². The Labute approximate surface area is 324 Å². The maximum absolute atomic E-state index is 13.2. The summed E-state index contributed by atoms with van der Waals surface area (Å²) in [5, 5.41) is 35.4. The van der Waals surface area contributed by atoms with E-state index >= 15 is 0 Å². The van der Waals surface area contributed by atoms with Crippen LogP contribution in [0.15, 0.2) is 112 Å². The van der Waals surface area contributed by atoms with Crippen molar-refractivity contribution in [3.05, 3.63) is 142 Å². The van der Waals surface area contributed by atoms with Crippen LogP contribution in [0.3, 0.4) is 0 Å². The van der Waals surface area contributed by atoms with E-state index in [0.717, 1.165) is 48.1 Å². The van der Waals surface area contributed by atoms with Gasteiger partial charge in [-0.2, -0.15) is 4.98 Å². The summed E-state index contributed by atoms with van der Waals surface area (Å²) >= 11 is 0. The van der Waals surface area contributed by atoms with Gasteiger partial charge in [0.15, 0.2) is 6.61 Å². The number of aliphatic hydroxyl groups is 1. The number of benzene rings is 4. The fourth-order valence-electron chi connectivity index (χ4n) is 7.09. The van der Waals surface area contributed by atoms with Crippen LogP contribution in [0, 0.1) is 5.92 Å². The number of carbonyl (C=O) groups is 1. The lowest BCUT2D eigenvalue weighted by molar-refractivity contribution is 0.0434. The minimum Gasteiger partial charge on any atom is -0.506 e. The third kappa shape index (κ3) is 9.43. The Bertz CT molecular complexity index is 2280. The topological polar surface area (TPSA) is 184 Å². The van der Waals surface area contributed by atoms with E-state index in [-0.39, 0.29) is 24.0 Å². The van der Waals surface area contributed by atoms with E-state index in [4.69, 9.17) is 14.0 Å². The Kier molecular flexibility index (Phi) is 12.4. The normalized spacial score (nSPS) is 16.6. The number of aromatic nitrogens is 3. The van der Waals surface area contributed by atoms with Gasteiger partial charge >= 0.3 is 6.09 Å². The van der Waals surface area contributed by atoms with Crippen LogP contribution in [0.4, 0.5) is 4.79 Å². The zero-order valence-corrected chi connectivity index (χ0v) is 31.1. The predicted molar refractivity (Wildman–Crippen MR) is 211 cm³/mol. The van der Waals surface area contributed by atoms with Gasteiger partial charge in [-0.05, 0) is 84.8 Å². The molecule has 1 amide bonds. The molecule has 1 fully saturated rings. The van der Waals surface area contributed by atoms with Gasteiger partial charge in [0.1, 0.15) is 17.6 Å². The van der Waals surface area contributed by atoms with Gasteiger partial charge in [-0.3, -0.25) is 4.79 Å². The molecule has 1 aliphatic rings. The SMILES string of the molecule is CCC1CCNCC1OC(=O)NC(c1ccccc1)c1cccc(OCc2nc(-c3ccc(CCNCC(O)c4ccc(O)c5[nH]c(=O)ccc45)cc3)no2)c1. The van der Waals surface area contributed by atoms with Gasteiger partial charge in [-0.15, -0.1) is 0 Å². The molecule has 1 aliphatic heterocycles. The molecule has 6 N–H and O–H groups in total. The van der Waals surface area contributed by atoms with Crippen molar-refractivity contribution in [2.24, 2.45) is 5.92 Å². The first-order valence-corrected chi connectivity index (χ1v) is 19.0. The van der Waals surface area contributed by atoms with Gasteiger partial charge in [0.25, 0.3) is 5.89 Å². The highest BCUT2D eigenvalue weighted by Gasteiger charge is 2.28. The molecule has 2 aromatic heterocycles. The summed E-state index contributed by atoms with van der Waals surface area (Å²) in [6.45, 7) is 4.69. The third-order valence-corrected chi connectivity index (χ3v) is 10.2. The molecule has 0 spiro atoms. The van der Waals surface area contributed by atoms with E-state index in [1.54, 1.807) is 12.1 Å². The molecule has 0 bridgehead atoms. The number of aliphatic hydroxyl groups excluding tert-OH is 1. The number of H-pyrrole nitrogens is 1. The Hall–Kier alpha value is -6.02. The molecule has 13 heteroatoms. The van der Waals surface area contributed by atoms with Crippen molar-refractivity contribution in [3.63, 3.8) is 0 Å². The fourth-order valence-corrected chi connectivity index (χ4v) is 7.09. The van der Waals surface area contributed by atoms with Gasteiger partial charge in [0, 0.05) is 30.1 Å². The van der Waals surface area contributed by atoms with Gasteiger partial charge in [0.05, 0.1) is 17.7 Å². The number of ether oxygens (including phenoxy) is 2. The molecule has 0 aliphatic carbocycles. The Morgan fingerprint density at radius 1 is 1.00 bits per heavy atom. The highest BCUT2D eigenvalue weighted by molar-refractivity contribution is 5.87. The van der Waals surface area contributed by atoms with E-state index in [1.807, 2.05) is 78.9 Å². The quantitative estimate of drug-likeness (QED) is 0.0683. The molecule has 4 aromatic carbocycles. The number of amides is 1. The fraction of sp³-hybridized carbons (Fsp3) is 0.302. The summed E-state index contributed by atoms with van der Waals surface area (Å²) in [4.78, 5) is 32.1. The number of pyridine rings is 1. The predicted octanol–water partition coefficient (Wildman–Crippen LogP) is 5.93. The maximum atomic E-state index is 13.2. The second kappa shape index (κ2) is 18.1. The lowest BCUT2D eigenvalue weighted by Gasteiger charge is -2.31. The third-order valence-electron chi connectivity index (χ3n) is 10.2. The van der Waals surface area contributed by atoms with Crippen molar-refractivity contribution in [3.8, 4) is 22.9 Å². The van der Waals surface area contributed by atoms with Gasteiger partial charge < -0.3 is 45.1 Å². The summed E-state index contributed by atoms with van der Waals surface area (Å²) in [5.41, 5.74) is 4.23. The van der Waals surface area contributed by atoms with Crippen LogP contribution in [0.1, 0.15) is 60.1 Å². The number of aromatic hydroxyl groups is 1. The zero-order chi connectivity index (χ0) is 38.9. The summed E-state index contributed by atoms with van der Waals surface area (Å²) < 4.78 is 17.5. The number of carbonyl (C=O) groups excluding carboxylic acids is 1. The van der Waals surface area contributed by atoms with E-state index in [9.17, 15) is 19.8 Å². The van der Waals surface area contributed by atoms with Crippen LogP contribution < -0.4 is 26.2 Å². The lowest BCUT2D eigenvalue weighted by Crippen LogP contribution is -2.45. The lowest BCUT2D eigenvalue weighted by atomic mass is 9.92. The molecule has 13 nitrogen and oxygen atoms in total. The van der Waals surface area contributed by atoms with Crippen LogP contribution in [-0.2, 0) is 17.8 Å². The summed E-state index contributed by atoms with van der Waals surface area (Å²) in [7, 11) is 0. The molecule has 6 aromatic rings. The number of phenols is 1. The van der Waals surface area contributed by atoms with Crippen LogP contribution in [0.2, 0.25) is 0 Å². The maximum Gasteiger partial charge on any atom is 0.408 e. The second-order valence-corrected chi connectivity index (χ2v) is 13.9. The monoisotopic (exact) mass is 758 g/mol. The first-order chi connectivity index (χ1) is 27.3. The standard InChI is InChI=1S/C43H46N6O7/c1-2-28-20-22-45-25-37(28)55-43(53)48-40(29-7-4-3-5-8-29)31-9-6-10-32(23-31)54-26-39-47-42(49-56-39)30-13-11-27(12-14-30)19-21-44-24-36(51)33-15-17-35(50)41-34(33)16-18-38(52)46-41/h3-18,23,28,36-37,40,44-45,50-51H,2,19-22,24-26H2,1H3,(H,46,52)(H,48,53). The molecule has 4 atom stereocenters. The Balaban J connectivity index is 0.916. The molecule has 1 saturated heterocycles. The molecule has 56 heavy (non-hydrogen) atoms. The van der Waals surface area contributed by atoms with Crippen LogP contribution >= 0.6 is 0 Å². The van der Waals surface area contributed by atoms with E-state index < -0.39 is 18.2 Å². The summed E-state index contributed by atoms with van der Waals surface area (Å²) in [6.07, 6.45) is 1.19. The molecule has 290 valence electrons. The molecule has 4 unspecified atom stereocenters. The van der Waals surface area contributed by atoms with Crippen molar-refractivity contribution in [1.29, 1.82) is 0 Å². The number of piperidine rings is 1. The Morgan fingerprint density at radius 2 is 1.82 bits per heavy atom. The minimum atomic E-state index is -0.830. The zero-order valence-electron chi connectivity index (χ0n) is 31.1. The number of nitrogens with zero attached hydrogens (tertiary/aromatic N) is 2. The molecule has 3 heterocycles. The van der Waals surface area contributed by atoms with Crippen LogP contribution in [0.25, 0.3) is 22.3 Å². The van der Waals surface area contributed by atoms with Crippen molar-refractivity contribution in [2.45, 2.75) is 51.0 Å². The number of alkyl carbamates (subject to hydrolysis) is 1. The van der Waals surface area contributed by atoms with E-state index in [2.05, 4.69) is 38.0 Å². The number of rotatable bonds is 15. The van der Waals surface area contributed by atoms with Crippen molar-refractivity contribution >= 4 is 17.0 Å². The second-order valence-electron chi connectivity index (χ2n) is 13.9. The average Bonchev–Trinajstić information content (AvgIpc) is 3.71. The summed E-state index contributed by atoms with van der Waals surface area (Å²) in [6, 6.07) is 30.8. The molecule has 0 radical (unpaired) electrons. The largest absolute Gasteiger partial charge is 0.506 e. The van der Waals surface area contributed by atoms with Crippen molar-refractivity contribution < 1.29 is 29.0 Å². The van der Waals surface area contributed by atoms with Gasteiger partial charge in [0.2, 0.25) is 11.4 Å². The molecule has 0 saturated carbocycles. The van der Waals surface area contributed by atoms with Gasteiger partial charge in [-0.1, -0.05) is 84.9 Å². The number of nitrogens with one attached hydrogen (secondary N) is 4. The van der Waals surface area contributed by atoms with Crippen molar-refractivity contribution in [1.82, 2.24) is 31.1 Å². The van der Waals surface area contributed by atoms with Crippen molar-refractivity contribution in [2.75, 3.05) is 26.2 Å². The van der Waals surface area contributed by atoms with E-state index in [1.165, 1.54) is 12.1 Å². The van der Waals surface area contributed by atoms with Crippen LogP contribution in [0.5, 0.6) is 11.5 Å². The first kappa shape index (κ1) is 38.3. The number of hydrogen-bond acceptors (Lipinski definition) is 11. The number of hydrogen-bond donors (Lipinski definition) is 6. The molecular formula is C43H46N6O7. The van der Waals surface area contributed by atoms with Crippen LogP contribution in [-0.4, -0.2) is 63.7 Å². The smallest absolute Gasteiger partial charge is 0.408 e. The first-order valence-electron chi connectivity index (χ1n) is 19.0. The molecule has 7 rings (SSSR count). The molecular weight excluding hydrogens is 713 g/mol. The highest BCUT2D eigenvalue weighted by atomic mass is 16.6. The summed E-state index contributed by atoms with van der Waals surface area (Å²) in [5.74, 6) is 1.63. The Morgan fingerprint density at radius 3 is 2.64 bits per heavy atom. The average molecular weight is 759 g/mol. The number of phenolic OH excluding ortho intramolecular Hbond substituents is 1. The van der Waals surface area contributed by atoms with E-state index in [0.29, 0.717) is 59.5 Å². The number of fused-ring (bicyclic) bond motifs is 1. The minimum absolute atomic E-state index is 0.0440.